The van der Waals surface area contributed by atoms with Crippen molar-refractivity contribution >= 4 is 5.91 Å². The fourth-order valence-electron chi connectivity index (χ4n) is 2.18. The van der Waals surface area contributed by atoms with Crippen molar-refractivity contribution in [3.05, 3.63) is 17.5 Å². The van der Waals surface area contributed by atoms with E-state index in [-0.39, 0.29) is 17.2 Å². The lowest BCUT2D eigenvalue weighted by atomic mass is 9.90. The fraction of sp³-hybridized carbons (Fsp3) is 0.692. The Kier molecular flexibility index (Phi) is 3.43. The minimum Gasteiger partial charge on any atom is -0.351 e. The first-order valence-electron chi connectivity index (χ1n) is 6.41. The van der Waals surface area contributed by atoms with Crippen LogP contribution in [0, 0.1) is 5.41 Å². The van der Waals surface area contributed by atoms with Gasteiger partial charge < -0.3 is 15.2 Å². The molecule has 1 fully saturated rings. The summed E-state index contributed by atoms with van der Waals surface area (Å²) >= 11 is 0. The average Bonchev–Trinajstić information content (AvgIpc) is 2.95. The molecule has 5 heteroatoms. The van der Waals surface area contributed by atoms with Gasteiger partial charge >= 0.3 is 0 Å². The Labute approximate surface area is 107 Å². The van der Waals surface area contributed by atoms with E-state index in [9.17, 15) is 4.79 Å². The van der Waals surface area contributed by atoms with Crippen LogP contribution in [0.4, 0.5) is 0 Å². The Balaban J connectivity index is 2.08. The van der Waals surface area contributed by atoms with Gasteiger partial charge in [-0.2, -0.15) is 0 Å². The number of rotatable bonds is 3. The highest BCUT2D eigenvalue weighted by Gasteiger charge is 2.36. The predicted molar refractivity (Wildman–Crippen MR) is 68.3 cm³/mol. The Bertz CT molecular complexity index is 441. The van der Waals surface area contributed by atoms with Crippen molar-refractivity contribution in [2.24, 2.45) is 11.1 Å². The zero-order chi connectivity index (χ0) is 13.3. The average molecular weight is 251 g/mol. The van der Waals surface area contributed by atoms with E-state index >= 15 is 0 Å². The van der Waals surface area contributed by atoms with Gasteiger partial charge in [0.25, 0.3) is 5.91 Å². The SMILES string of the molecule is CC(C)c1cc(C(=O)N2CCC(C)(CN)C2)on1. The van der Waals surface area contributed by atoms with Crippen molar-refractivity contribution in [1.82, 2.24) is 10.1 Å². The van der Waals surface area contributed by atoms with Gasteiger partial charge in [-0.3, -0.25) is 4.79 Å². The highest BCUT2D eigenvalue weighted by molar-refractivity contribution is 5.91. The summed E-state index contributed by atoms with van der Waals surface area (Å²) in [6, 6.07) is 1.74. The highest BCUT2D eigenvalue weighted by Crippen LogP contribution is 2.29. The van der Waals surface area contributed by atoms with E-state index in [0.29, 0.717) is 18.8 Å². The normalized spacial score (nSPS) is 23.9. The largest absolute Gasteiger partial charge is 0.351 e. The smallest absolute Gasteiger partial charge is 0.292 e. The molecule has 18 heavy (non-hydrogen) atoms. The van der Waals surface area contributed by atoms with E-state index in [1.165, 1.54) is 0 Å². The Morgan fingerprint density at radius 3 is 2.89 bits per heavy atom. The van der Waals surface area contributed by atoms with E-state index in [1.807, 2.05) is 13.8 Å². The van der Waals surface area contributed by atoms with Gasteiger partial charge in [-0.25, -0.2) is 0 Å². The molecule has 2 heterocycles. The molecule has 0 radical (unpaired) electrons. The molecule has 100 valence electrons. The van der Waals surface area contributed by atoms with E-state index < -0.39 is 0 Å². The molecule has 0 spiro atoms. The van der Waals surface area contributed by atoms with Gasteiger partial charge in [-0.1, -0.05) is 25.9 Å². The zero-order valence-electron chi connectivity index (χ0n) is 11.3. The van der Waals surface area contributed by atoms with Gasteiger partial charge in [0.15, 0.2) is 0 Å². The number of carbonyl (C=O) groups is 1. The second kappa shape index (κ2) is 4.72. The molecule has 1 aliphatic heterocycles. The molecular weight excluding hydrogens is 230 g/mol. The maximum atomic E-state index is 12.2. The third-order valence-electron chi connectivity index (χ3n) is 3.67. The number of hydrogen-bond donors (Lipinski definition) is 1. The number of carbonyl (C=O) groups excluding carboxylic acids is 1. The van der Waals surface area contributed by atoms with Crippen LogP contribution in [0.2, 0.25) is 0 Å². The molecule has 1 unspecified atom stereocenters. The molecule has 2 N–H and O–H groups in total. The minimum absolute atomic E-state index is 0.0383. The Morgan fingerprint density at radius 1 is 1.67 bits per heavy atom. The van der Waals surface area contributed by atoms with Gasteiger partial charge in [-0.15, -0.1) is 0 Å². The summed E-state index contributed by atoms with van der Waals surface area (Å²) in [5, 5.41) is 3.92. The number of nitrogens with zero attached hydrogens (tertiary/aromatic N) is 2. The Hall–Kier alpha value is -1.36. The lowest BCUT2D eigenvalue weighted by Crippen LogP contribution is -2.34. The lowest BCUT2D eigenvalue weighted by molar-refractivity contribution is 0.0735. The first-order chi connectivity index (χ1) is 8.45. The highest BCUT2D eigenvalue weighted by atomic mass is 16.5. The van der Waals surface area contributed by atoms with Crippen molar-refractivity contribution in [2.45, 2.75) is 33.1 Å². The summed E-state index contributed by atoms with van der Waals surface area (Å²) in [6.45, 7) is 8.19. The molecule has 1 aromatic heterocycles. The minimum atomic E-state index is -0.0772. The van der Waals surface area contributed by atoms with Crippen molar-refractivity contribution in [3.63, 3.8) is 0 Å². The second-order valence-corrected chi connectivity index (χ2v) is 5.76. The zero-order valence-corrected chi connectivity index (χ0v) is 11.3. The van der Waals surface area contributed by atoms with Crippen molar-refractivity contribution in [3.8, 4) is 0 Å². The molecule has 0 bridgehead atoms. The van der Waals surface area contributed by atoms with Crippen LogP contribution >= 0.6 is 0 Å². The van der Waals surface area contributed by atoms with Crippen molar-refractivity contribution < 1.29 is 9.32 Å². The van der Waals surface area contributed by atoms with Crippen molar-refractivity contribution in [2.75, 3.05) is 19.6 Å². The number of aromatic nitrogens is 1. The van der Waals surface area contributed by atoms with Crippen LogP contribution in [0.25, 0.3) is 0 Å². The maximum Gasteiger partial charge on any atom is 0.292 e. The van der Waals surface area contributed by atoms with E-state index in [4.69, 9.17) is 10.3 Å². The Morgan fingerprint density at radius 2 is 2.39 bits per heavy atom. The van der Waals surface area contributed by atoms with Crippen LogP contribution in [0.3, 0.4) is 0 Å². The molecular formula is C13H21N3O2. The second-order valence-electron chi connectivity index (χ2n) is 5.76. The van der Waals surface area contributed by atoms with E-state index in [2.05, 4.69) is 12.1 Å². The van der Waals surface area contributed by atoms with Gasteiger partial charge in [0, 0.05) is 19.2 Å². The van der Waals surface area contributed by atoms with Gasteiger partial charge in [0.2, 0.25) is 5.76 Å². The van der Waals surface area contributed by atoms with Crippen LogP contribution < -0.4 is 5.73 Å². The third kappa shape index (κ3) is 2.41. The molecule has 0 aliphatic carbocycles. The van der Waals surface area contributed by atoms with Gasteiger partial charge in [0.1, 0.15) is 0 Å². The molecule has 0 aromatic carbocycles. The number of likely N-dealkylation sites (tertiary alicyclic amines) is 1. The summed E-state index contributed by atoms with van der Waals surface area (Å²) < 4.78 is 5.13. The molecule has 1 atom stereocenters. The molecule has 1 amide bonds. The summed E-state index contributed by atoms with van der Waals surface area (Å²) in [5.74, 6) is 0.523. The van der Waals surface area contributed by atoms with Crippen LogP contribution in [-0.4, -0.2) is 35.6 Å². The molecule has 1 aromatic rings. The standard InChI is InChI=1S/C13H21N3O2/c1-9(2)10-6-11(18-15-10)12(17)16-5-4-13(3,7-14)8-16/h6,9H,4-5,7-8,14H2,1-3H3. The van der Waals surface area contributed by atoms with Crippen LogP contribution in [0.5, 0.6) is 0 Å². The van der Waals surface area contributed by atoms with E-state index in [0.717, 1.165) is 18.7 Å². The molecule has 5 nitrogen and oxygen atoms in total. The summed E-state index contributed by atoms with van der Waals surface area (Å²) in [6.07, 6.45) is 0.945. The van der Waals surface area contributed by atoms with Crippen LogP contribution in [0.1, 0.15) is 49.4 Å². The molecule has 1 aliphatic rings. The monoisotopic (exact) mass is 251 g/mol. The van der Waals surface area contributed by atoms with Crippen LogP contribution in [0.15, 0.2) is 10.6 Å². The summed E-state index contributed by atoms with van der Waals surface area (Å²) in [5.41, 5.74) is 6.60. The molecule has 0 saturated carbocycles. The lowest BCUT2D eigenvalue weighted by Gasteiger charge is -2.21. The van der Waals surface area contributed by atoms with E-state index in [1.54, 1.807) is 11.0 Å². The summed E-state index contributed by atoms with van der Waals surface area (Å²) in [4.78, 5) is 14.0. The number of amides is 1. The molecule has 2 rings (SSSR count). The predicted octanol–water partition coefficient (Wildman–Crippen LogP) is 1.61. The number of hydrogen-bond acceptors (Lipinski definition) is 4. The summed E-state index contributed by atoms with van der Waals surface area (Å²) in [7, 11) is 0. The van der Waals surface area contributed by atoms with Gasteiger partial charge in [-0.05, 0) is 24.3 Å². The van der Waals surface area contributed by atoms with Crippen LogP contribution in [-0.2, 0) is 0 Å². The quantitative estimate of drug-likeness (QED) is 0.885. The maximum absolute atomic E-state index is 12.2. The first-order valence-corrected chi connectivity index (χ1v) is 6.41. The fourth-order valence-corrected chi connectivity index (χ4v) is 2.18. The van der Waals surface area contributed by atoms with Crippen molar-refractivity contribution in [1.29, 1.82) is 0 Å². The van der Waals surface area contributed by atoms with Gasteiger partial charge in [0.05, 0.1) is 5.69 Å². The third-order valence-corrected chi connectivity index (χ3v) is 3.67. The topological polar surface area (TPSA) is 72.4 Å². The first kappa shape index (κ1) is 13.1. The molecule has 1 saturated heterocycles. The number of nitrogens with two attached hydrogens (primary N) is 1.